The highest BCUT2D eigenvalue weighted by atomic mass is 32.3. The van der Waals surface area contributed by atoms with Crippen molar-refractivity contribution in [1.82, 2.24) is 0 Å². The van der Waals surface area contributed by atoms with Crippen LogP contribution in [-0.4, -0.2) is 8.42 Å². The van der Waals surface area contributed by atoms with E-state index in [1.54, 1.807) is 30.3 Å². The van der Waals surface area contributed by atoms with Gasteiger partial charge in [0, 0.05) is 4.90 Å². The molecule has 0 bridgehead atoms. The van der Waals surface area contributed by atoms with Crippen molar-refractivity contribution in [3.05, 3.63) is 101 Å². The molecule has 0 aliphatic rings. The van der Waals surface area contributed by atoms with Gasteiger partial charge >= 0.3 is 0 Å². The van der Waals surface area contributed by atoms with Gasteiger partial charge in [-0.1, -0.05) is 78.5 Å². The minimum Gasteiger partial charge on any atom is -0.218 e. The van der Waals surface area contributed by atoms with Crippen molar-refractivity contribution in [3.63, 3.8) is 0 Å². The van der Waals surface area contributed by atoms with Gasteiger partial charge in [0.15, 0.2) is 0 Å². The number of thioether (sulfide) groups is 1. The Balaban J connectivity index is 2.07. The van der Waals surface area contributed by atoms with Crippen molar-refractivity contribution in [1.29, 1.82) is 0 Å². The zero-order chi connectivity index (χ0) is 16.8. The van der Waals surface area contributed by atoms with Crippen LogP contribution in [0.5, 0.6) is 0 Å². The Labute approximate surface area is 146 Å². The monoisotopic (exact) mass is 352 g/mol. The molecule has 0 unspecified atom stereocenters. The van der Waals surface area contributed by atoms with Crippen molar-refractivity contribution in [2.24, 2.45) is 0 Å². The molecule has 24 heavy (non-hydrogen) atoms. The Morgan fingerprint density at radius 2 is 1.21 bits per heavy atom. The first-order chi connectivity index (χ1) is 11.7. The molecule has 0 N–H and O–H groups in total. The Hall–Kier alpha value is -2.30. The van der Waals surface area contributed by atoms with Gasteiger partial charge < -0.3 is 0 Å². The molecule has 0 amide bonds. The Kier molecular flexibility index (Phi) is 5.18. The summed E-state index contributed by atoms with van der Waals surface area (Å²) in [7, 11) is -3.57. The summed E-state index contributed by atoms with van der Waals surface area (Å²) in [5.41, 5.74) is 0.857. The topological polar surface area (TPSA) is 34.1 Å². The number of sulfone groups is 1. The fourth-order valence-electron chi connectivity index (χ4n) is 2.17. The first-order valence-corrected chi connectivity index (χ1v) is 9.76. The third-order valence-corrected chi connectivity index (χ3v) is 6.64. The van der Waals surface area contributed by atoms with Gasteiger partial charge in [0.25, 0.3) is 0 Å². The quantitative estimate of drug-likeness (QED) is 0.588. The van der Waals surface area contributed by atoms with E-state index in [9.17, 15) is 8.42 Å². The molecule has 0 radical (unpaired) electrons. The zero-order valence-corrected chi connectivity index (χ0v) is 14.5. The summed E-state index contributed by atoms with van der Waals surface area (Å²) in [6.07, 6.45) is 1.72. The maximum Gasteiger partial charge on any atom is 0.212 e. The van der Waals surface area contributed by atoms with Gasteiger partial charge in [-0.25, -0.2) is 8.42 Å². The van der Waals surface area contributed by atoms with Crippen LogP contribution in [0.1, 0.15) is 5.56 Å². The average molecular weight is 352 g/mol. The van der Waals surface area contributed by atoms with Gasteiger partial charge in [0.05, 0.1) is 4.90 Å². The van der Waals surface area contributed by atoms with E-state index >= 15 is 0 Å². The molecule has 0 atom stereocenters. The van der Waals surface area contributed by atoms with E-state index in [-0.39, 0.29) is 0 Å². The highest BCUT2D eigenvalue weighted by Gasteiger charge is 2.21. The van der Waals surface area contributed by atoms with Crippen molar-refractivity contribution in [2.75, 3.05) is 0 Å². The molecule has 0 aromatic heterocycles. The third-order valence-electron chi connectivity index (χ3n) is 3.36. The molecule has 0 heterocycles. The Morgan fingerprint density at radius 1 is 0.708 bits per heavy atom. The third kappa shape index (κ3) is 3.96. The number of rotatable bonds is 5. The molecule has 0 saturated carbocycles. The van der Waals surface area contributed by atoms with Crippen LogP contribution in [0.25, 0.3) is 6.08 Å². The molecule has 0 spiro atoms. The van der Waals surface area contributed by atoms with Gasteiger partial charge in [-0.3, -0.25) is 0 Å². The highest BCUT2D eigenvalue weighted by molar-refractivity contribution is 8.19. The number of hydrogen-bond acceptors (Lipinski definition) is 3. The Bertz CT molecular complexity index is 917. The molecule has 0 aliphatic carbocycles. The predicted molar refractivity (Wildman–Crippen MR) is 100 cm³/mol. The van der Waals surface area contributed by atoms with Gasteiger partial charge in [0.1, 0.15) is 4.24 Å². The van der Waals surface area contributed by atoms with Crippen LogP contribution in [-0.2, 0) is 9.84 Å². The summed E-state index contributed by atoms with van der Waals surface area (Å²) < 4.78 is 26.4. The number of hydrogen-bond donors (Lipinski definition) is 0. The smallest absolute Gasteiger partial charge is 0.212 e. The molecule has 3 rings (SSSR count). The molecular formula is C20H16O2S2. The second-order valence-corrected chi connectivity index (χ2v) is 8.40. The van der Waals surface area contributed by atoms with E-state index < -0.39 is 9.84 Å². The molecule has 3 aromatic carbocycles. The lowest BCUT2D eigenvalue weighted by Gasteiger charge is -2.09. The van der Waals surface area contributed by atoms with Gasteiger partial charge in [0.2, 0.25) is 9.84 Å². The lowest BCUT2D eigenvalue weighted by atomic mass is 10.2. The summed E-state index contributed by atoms with van der Waals surface area (Å²) in [5, 5.41) is 0. The zero-order valence-electron chi connectivity index (χ0n) is 12.9. The Morgan fingerprint density at radius 3 is 1.79 bits per heavy atom. The second-order valence-electron chi connectivity index (χ2n) is 5.11. The van der Waals surface area contributed by atoms with Crippen molar-refractivity contribution >= 4 is 27.7 Å². The SMILES string of the molecule is O=S(=O)(/C(=C/c1ccccc1)Sc1ccccc1)c1ccccc1. The van der Waals surface area contributed by atoms with Crippen LogP contribution >= 0.6 is 11.8 Å². The lowest BCUT2D eigenvalue weighted by molar-refractivity contribution is 0.604. The highest BCUT2D eigenvalue weighted by Crippen LogP contribution is 2.35. The normalized spacial score (nSPS) is 12.1. The molecule has 4 heteroatoms. The maximum absolute atomic E-state index is 13.1. The van der Waals surface area contributed by atoms with Crippen LogP contribution in [0.2, 0.25) is 0 Å². The molecule has 0 aliphatic heterocycles. The average Bonchev–Trinajstić information content (AvgIpc) is 2.64. The minimum atomic E-state index is -3.57. The van der Waals surface area contributed by atoms with Crippen LogP contribution in [0.4, 0.5) is 0 Å². The van der Waals surface area contributed by atoms with Crippen molar-refractivity contribution < 1.29 is 8.42 Å². The van der Waals surface area contributed by atoms with Crippen molar-refractivity contribution in [2.45, 2.75) is 9.79 Å². The summed E-state index contributed by atoms with van der Waals surface area (Å²) in [6.45, 7) is 0. The van der Waals surface area contributed by atoms with Crippen LogP contribution in [0, 0.1) is 0 Å². The van der Waals surface area contributed by atoms with Crippen molar-refractivity contribution in [3.8, 4) is 0 Å². The summed E-state index contributed by atoms with van der Waals surface area (Å²) >= 11 is 1.26. The van der Waals surface area contributed by atoms with Gasteiger partial charge in [-0.15, -0.1) is 0 Å². The summed E-state index contributed by atoms with van der Waals surface area (Å²) in [4.78, 5) is 1.19. The second kappa shape index (κ2) is 7.51. The molecule has 3 aromatic rings. The molecular weight excluding hydrogens is 336 g/mol. The van der Waals surface area contributed by atoms with Gasteiger partial charge in [-0.05, 0) is 35.9 Å². The van der Waals surface area contributed by atoms with E-state index in [0.717, 1.165) is 10.5 Å². The van der Waals surface area contributed by atoms with Crippen LogP contribution in [0.15, 0.2) is 105 Å². The van der Waals surface area contributed by atoms with E-state index in [0.29, 0.717) is 9.13 Å². The van der Waals surface area contributed by atoms with E-state index in [1.807, 2.05) is 66.7 Å². The van der Waals surface area contributed by atoms with Crippen LogP contribution in [0.3, 0.4) is 0 Å². The predicted octanol–water partition coefficient (Wildman–Crippen LogP) is 5.25. The fraction of sp³-hybridized carbons (Fsp3) is 0. The maximum atomic E-state index is 13.1. The first-order valence-electron chi connectivity index (χ1n) is 7.46. The van der Waals surface area contributed by atoms with Crippen LogP contribution < -0.4 is 0 Å². The largest absolute Gasteiger partial charge is 0.218 e. The molecule has 0 saturated heterocycles. The first kappa shape index (κ1) is 16.6. The van der Waals surface area contributed by atoms with E-state index in [1.165, 1.54) is 11.8 Å². The molecule has 120 valence electrons. The summed E-state index contributed by atoms with van der Waals surface area (Å²) in [5.74, 6) is 0. The number of benzene rings is 3. The lowest BCUT2D eigenvalue weighted by Crippen LogP contribution is -2.02. The minimum absolute atomic E-state index is 0.301. The fourth-order valence-corrected chi connectivity index (χ4v) is 4.94. The van der Waals surface area contributed by atoms with Gasteiger partial charge in [-0.2, -0.15) is 0 Å². The molecule has 2 nitrogen and oxygen atoms in total. The molecule has 0 fully saturated rings. The standard InChI is InChI=1S/C20H16O2S2/c21-24(22,19-14-8-3-9-15-19)20(16-17-10-4-1-5-11-17)23-18-12-6-2-7-13-18/h1-16H/b20-16+. The summed E-state index contributed by atoms with van der Waals surface area (Å²) in [6, 6.07) is 27.5. The van der Waals surface area contributed by atoms with E-state index in [4.69, 9.17) is 0 Å². The van der Waals surface area contributed by atoms with E-state index in [2.05, 4.69) is 0 Å².